The number of carbonyl (C=O) groups is 1. The summed E-state index contributed by atoms with van der Waals surface area (Å²) in [6, 6.07) is 0. The third kappa shape index (κ3) is 1.13. The van der Waals surface area contributed by atoms with Crippen molar-refractivity contribution in [3.05, 3.63) is 24.5 Å². The lowest BCUT2D eigenvalue weighted by molar-refractivity contribution is 0.101. The van der Waals surface area contributed by atoms with Gasteiger partial charge in [-0.3, -0.25) is 4.79 Å². The van der Waals surface area contributed by atoms with Gasteiger partial charge in [0, 0.05) is 12.4 Å². The Kier molecular flexibility index (Phi) is 1.67. The van der Waals surface area contributed by atoms with Crippen LogP contribution in [-0.2, 0) is 0 Å². The van der Waals surface area contributed by atoms with Crippen LogP contribution in [0.25, 0.3) is 6.20 Å². The monoisotopic (exact) mass is 136 g/mol. The standard InChI is InChI=1S/C7H8N2O/c1-3-9-5-7(4-8-9)6(2)10/h3-5H,1H2,2H3. The summed E-state index contributed by atoms with van der Waals surface area (Å²) in [5, 5.41) is 3.83. The molecule has 0 spiro atoms. The maximum atomic E-state index is 10.7. The van der Waals surface area contributed by atoms with Crippen molar-refractivity contribution in [1.82, 2.24) is 9.78 Å². The number of aromatic nitrogens is 2. The van der Waals surface area contributed by atoms with Gasteiger partial charge in [0.25, 0.3) is 0 Å². The molecule has 0 aliphatic carbocycles. The second-order valence-electron chi connectivity index (χ2n) is 1.95. The highest BCUT2D eigenvalue weighted by molar-refractivity contribution is 5.93. The molecule has 10 heavy (non-hydrogen) atoms. The second kappa shape index (κ2) is 2.47. The SMILES string of the molecule is C=Cn1cc(C(C)=O)cn1. The zero-order valence-corrected chi connectivity index (χ0v) is 5.74. The zero-order chi connectivity index (χ0) is 7.56. The number of carbonyl (C=O) groups excluding carboxylic acids is 1. The van der Waals surface area contributed by atoms with Crippen molar-refractivity contribution < 1.29 is 4.79 Å². The van der Waals surface area contributed by atoms with E-state index in [4.69, 9.17) is 0 Å². The Labute approximate surface area is 59.0 Å². The average Bonchev–Trinajstić information content (AvgIpc) is 2.34. The lowest BCUT2D eigenvalue weighted by Gasteiger charge is -1.84. The Bertz CT molecular complexity index is 262. The summed E-state index contributed by atoms with van der Waals surface area (Å²) >= 11 is 0. The van der Waals surface area contributed by atoms with Gasteiger partial charge in [0.2, 0.25) is 0 Å². The number of ketones is 1. The summed E-state index contributed by atoms with van der Waals surface area (Å²) in [4.78, 5) is 10.7. The molecule has 3 nitrogen and oxygen atoms in total. The molecule has 0 N–H and O–H groups in total. The summed E-state index contributed by atoms with van der Waals surface area (Å²) in [5.74, 6) is 0.0214. The van der Waals surface area contributed by atoms with Gasteiger partial charge in [0.15, 0.2) is 5.78 Å². The Hall–Kier alpha value is -1.38. The van der Waals surface area contributed by atoms with Gasteiger partial charge in [-0.05, 0) is 6.92 Å². The highest BCUT2D eigenvalue weighted by Gasteiger charge is 1.99. The van der Waals surface area contributed by atoms with Crippen molar-refractivity contribution in [2.45, 2.75) is 6.92 Å². The fourth-order valence-electron chi connectivity index (χ4n) is 0.620. The third-order valence-electron chi connectivity index (χ3n) is 1.20. The molecule has 0 aromatic carbocycles. The summed E-state index contributed by atoms with van der Waals surface area (Å²) in [6.45, 7) is 5.00. The normalized spacial score (nSPS) is 9.30. The van der Waals surface area contributed by atoms with E-state index in [1.54, 1.807) is 6.20 Å². The lowest BCUT2D eigenvalue weighted by Crippen LogP contribution is -1.87. The number of rotatable bonds is 2. The maximum absolute atomic E-state index is 10.7. The van der Waals surface area contributed by atoms with Crippen molar-refractivity contribution in [1.29, 1.82) is 0 Å². The van der Waals surface area contributed by atoms with E-state index in [1.165, 1.54) is 24.0 Å². The van der Waals surface area contributed by atoms with Crippen LogP contribution in [0.4, 0.5) is 0 Å². The molecular weight excluding hydrogens is 128 g/mol. The molecule has 0 aliphatic rings. The largest absolute Gasteiger partial charge is 0.294 e. The van der Waals surface area contributed by atoms with Gasteiger partial charge >= 0.3 is 0 Å². The fraction of sp³-hybridized carbons (Fsp3) is 0.143. The first kappa shape index (κ1) is 6.74. The minimum atomic E-state index is 0.0214. The summed E-state index contributed by atoms with van der Waals surface area (Å²) in [7, 11) is 0. The molecule has 1 aromatic heterocycles. The smallest absolute Gasteiger partial charge is 0.162 e. The number of Topliss-reactive ketones (excluding diaryl/α,β-unsaturated/α-hetero) is 1. The van der Waals surface area contributed by atoms with Crippen LogP contribution in [0.15, 0.2) is 19.0 Å². The third-order valence-corrected chi connectivity index (χ3v) is 1.20. The molecular formula is C7H8N2O. The molecule has 0 atom stereocenters. The van der Waals surface area contributed by atoms with Gasteiger partial charge in [-0.1, -0.05) is 6.58 Å². The molecule has 0 saturated heterocycles. The van der Waals surface area contributed by atoms with Gasteiger partial charge in [0.05, 0.1) is 11.8 Å². The Balaban J connectivity index is 2.98. The average molecular weight is 136 g/mol. The molecule has 0 amide bonds. The molecule has 0 aliphatic heterocycles. The number of nitrogens with zero attached hydrogens (tertiary/aromatic N) is 2. The van der Waals surface area contributed by atoms with Gasteiger partial charge in [-0.25, -0.2) is 4.68 Å². The molecule has 1 heterocycles. The Morgan fingerprint density at radius 1 is 1.90 bits per heavy atom. The maximum Gasteiger partial charge on any atom is 0.162 e. The second-order valence-corrected chi connectivity index (χ2v) is 1.95. The molecule has 0 unspecified atom stereocenters. The predicted octanol–water partition coefficient (Wildman–Crippen LogP) is 1.19. The molecule has 52 valence electrons. The molecule has 0 saturated carbocycles. The quantitative estimate of drug-likeness (QED) is 0.572. The van der Waals surface area contributed by atoms with E-state index in [9.17, 15) is 4.79 Å². The van der Waals surface area contributed by atoms with E-state index in [0.29, 0.717) is 5.56 Å². The van der Waals surface area contributed by atoms with Crippen LogP contribution in [0, 0.1) is 0 Å². The van der Waals surface area contributed by atoms with Crippen molar-refractivity contribution in [2.75, 3.05) is 0 Å². The molecule has 0 radical (unpaired) electrons. The van der Waals surface area contributed by atoms with E-state index in [-0.39, 0.29) is 5.78 Å². The van der Waals surface area contributed by atoms with Gasteiger partial charge in [-0.15, -0.1) is 0 Å². The van der Waals surface area contributed by atoms with E-state index in [1.807, 2.05) is 0 Å². The first-order valence-electron chi connectivity index (χ1n) is 2.91. The van der Waals surface area contributed by atoms with Gasteiger partial charge < -0.3 is 0 Å². The zero-order valence-electron chi connectivity index (χ0n) is 5.74. The van der Waals surface area contributed by atoms with Crippen molar-refractivity contribution in [2.24, 2.45) is 0 Å². The van der Waals surface area contributed by atoms with Crippen LogP contribution < -0.4 is 0 Å². The Morgan fingerprint density at radius 2 is 2.60 bits per heavy atom. The first-order valence-corrected chi connectivity index (χ1v) is 2.91. The van der Waals surface area contributed by atoms with E-state index in [2.05, 4.69) is 11.7 Å². The fourth-order valence-corrected chi connectivity index (χ4v) is 0.620. The van der Waals surface area contributed by atoms with Crippen LogP contribution in [0.2, 0.25) is 0 Å². The summed E-state index contributed by atoms with van der Waals surface area (Å²) in [6.07, 6.45) is 4.69. The van der Waals surface area contributed by atoms with E-state index < -0.39 is 0 Å². The van der Waals surface area contributed by atoms with Crippen molar-refractivity contribution in [3.63, 3.8) is 0 Å². The van der Waals surface area contributed by atoms with Crippen LogP contribution >= 0.6 is 0 Å². The van der Waals surface area contributed by atoms with E-state index >= 15 is 0 Å². The highest BCUT2D eigenvalue weighted by atomic mass is 16.1. The highest BCUT2D eigenvalue weighted by Crippen LogP contribution is 1.97. The molecule has 0 fully saturated rings. The topological polar surface area (TPSA) is 34.9 Å². The van der Waals surface area contributed by atoms with Crippen LogP contribution in [0.3, 0.4) is 0 Å². The molecule has 1 rings (SSSR count). The minimum absolute atomic E-state index is 0.0214. The summed E-state index contributed by atoms with van der Waals surface area (Å²) in [5.41, 5.74) is 0.611. The van der Waals surface area contributed by atoms with Crippen molar-refractivity contribution >= 4 is 12.0 Å². The first-order chi connectivity index (χ1) is 4.74. The molecule has 1 aromatic rings. The van der Waals surface area contributed by atoms with Gasteiger partial charge in [-0.2, -0.15) is 5.10 Å². The molecule has 3 heteroatoms. The van der Waals surface area contributed by atoms with Crippen LogP contribution in [-0.4, -0.2) is 15.6 Å². The number of hydrogen-bond donors (Lipinski definition) is 0. The Morgan fingerprint density at radius 3 is 2.90 bits per heavy atom. The van der Waals surface area contributed by atoms with Gasteiger partial charge in [0.1, 0.15) is 0 Å². The lowest BCUT2D eigenvalue weighted by atomic mass is 10.3. The summed E-state index contributed by atoms with van der Waals surface area (Å²) < 4.78 is 1.50. The van der Waals surface area contributed by atoms with E-state index in [0.717, 1.165) is 0 Å². The minimum Gasteiger partial charge on any atom is -0.294 e. The van der Waals surface area contributed by atoms with Crippen LogP contribution in [0.1, 0.15) is 17.3 Å². The predicted molar refractivity (Wildman–Crippen MR) is 38.6 cm³/mol. The molecule has 0 bridgehead atoms. The number of hydrogen-bond acceptors (Lipinski definition) is 2. The van der Waals surface area contributed by atoms with Crippen LogP contribution in [0.5, 0.6) is 0 Å². The van der Waals surface area contributed by atoms with Crippen molar-refractivity contribution in [3.8, 4) is 0 Å².